The predicted octanol–water partition coefficient (Wildman–Crippen LogP) is 4.16. The normalized spacial score (nSPS) is 33.3. The van der Waals surface area contributed by atoms with Crippen molar-refractivity contribution >= 4 is 0 Å². The van der Waals surface area contributed by atoms with Crippen molar-refractivity contribution in [1.29, 1.82) is 0 Å². The minimum absolute atomic E-state index is 0.762. The van der Waals surface area contributed by atoms with Crippen LogP contribution in [0, 0.1) is 23.7 Å². The third kappa shape index (κ3) is 5.56. The first-order chi connectivity index (χ1) is 10.1. The molecule has 2 rings (SSSR count). The second kappa shape index (κ2) is 8.53. The molecular formula is C19H38N2. The van der Waals surface area contributed by atoms with Gasteiger partial charge in [0.05, 0.1) is 0 Å². The molecule has 1 heterocycles. The molecule has 0 aromatic heterocycles. The van der Waals surface area contributed by atoms with Crippen molar-refractivity contribution in [1.82, 2.24) is 10.2 Å². The van der Waals surface area contributed by atoms with Crippen molar-refractivity contribution in [3.8, 4) is 0 Å². The third-order valence-electron chi connectivity index (χ3n) is 5.77. The fraction of sp³-hybridized carbons (Fsp3) is 1.00. The number of nitrogens with one attached hydrogen (secondary N) is 1. The molecule has 21 heavy (non-hydrogen) atoms. The van der Waals surface area contributed by atoms with E-state index in [1.807, 2.05) is 0 Å². The van der Waals surface area contributed by atoms with Crippen molar-refractivity contribution in [2.24, 2.45) is 23.7 Å². The van der Waals surface area contributed by atoms with Crippen LogP contribution >= 0.6 is 0 Å². The van der Waals surface area contributed by atoms with Gasteiger partial charge in [0.1, 0.15) is 0 Å². The molecule has 0 spiro atoms. The Labute approximate surface area is 133 Å². The lowest BCUT2D eigenvalue weighted by Crippen LogP contribution is -2.45. The van der Waals surface area contributed by atoms with Gasteiger partial charge in [0.2, 0.25) is 0 Å². The fourth-order valence-corrected chi connectivity index (χ4v) is 4.44. The molecule has 0 amide bonds. The van der Waals surface area contributed by atoms with Crippen LogP contribution in [-0.4, -0.2) is 37.1 Å². The minimum atomic E-state index is 0.762. The highest BCUT2D eigenvalue weighted by atomic mass is 15.1. The molecule has 2 nitrogen and oxygen atoms in total. The zero-order chi connectivity index (χ0) is 15.2. The Balaban J connectivity index is 1.73. The van der Waals surface area contributed by atoms with Gasteiger partial charge < -0.3 is 10.2 Å². The van der Waals surface area contributed by atoms with E-state index in [2.05, 4.69) is 37.9 Å². The summed E-state index contributed by atoms with van der Waals surface area (Å²) in [5, 5.41) is 3.95. The van der Waals surface area contributed by atoms with Crippen LogP contribution in [0.15, 0.2) is 0 Å². The van der Waals surface area contributed by atoms with Crippen LogP contribution in [0.1, 0.15) is 66.2 Å². The Hall–Kier alpha value is -0.0800. The maximum absolute atomic E-state index is 3.95. The van der Waals surface area contributed by atoms with Gasteiger partial charge in [0.25, 0.3) is 0 Å². The Morgan fingerprint density at radius 3 is 2.43 bits per heavy atom. The molecule has 0 aromatic rings. The summed E-state index contributed by atoms with van der Waals surface area (Å²) in [5.41, 5.74) is 0. The van der Waals surface area contributed by atoms with Crippen molar-refractivity contribution in [3.05, 3.63) is 0 Å². The van der Waals surface area contributed by atoms with Crippen molar-refractivity contribution in [3.63, 3.8) is 0 Å². The summed E-state index contributed by atoms with van der Waals surface area (Å²) in [6.07, 6.45) is 8.52. The van der Waals surface area contributed by atoms with Gasteiger partial charge in [-0.05, 0) is 69.0 Å². The molecule has 1 N–H and O–H groups in total. The molecule has 2 heteroatoms. The monoisotopic (exact) mass is 294 g/mol. The van der Waals surface area contributed by atoms with E-state index in [0.29, 0.717) is 0 Å². The van der Waals surface area contributed by atoms with Crippen molar-refractivity contribution < 1.29 is 0 Å². The predicted molar refractivity (Wildman–Crippen MR) is 92.6 cm³/mol. The van der Waals surface area contributed by atoms with Gasteiger partial charge in [-0.3, -0.25) is 0 Å². The highest BCUT2D eigenvalue weighted by Gasteiger charge is 2.30. The van der Waals surface area contributed by atoms with Crippen LogP contribution in [0.25, 0.3) is 0 Å². The van der Waals surface area contributed by atoms with Crippen LogP contribution in [0.5, 0.6) is 0 Å². The molecule has 1 saturated heterocycles. The van der Waals surface area contributed by atoms with Gasteiger partial charge in [-0.1, -0.05) is 40.5 Å². The molecule has 0 radical (unpaired) electrons. The second-order valence-electron chi connectivity index (χ2n) is 8.31. The zero-order valence-electron chi connectivity index (χ0n) is 14.9. The maximum Gasteiger partial charge on any atom is 0.0100 e. The molecule has 124 valence electrons. The van der Waals surface area contributed by atoms with Crippen molar-refractivity contribution in [2.45, 2.75) is 72.3 Å². The molecule has 4 atom stereocenters. The van der Waals surface area contributed by atoms with E-state index in [4.69, 9.17) is 0 Å². The summed E-state index contributed by atoms with van der Waals surface area (Å²) in [6.45, 7) is 14.8. The van der Waals surface area contributed by atoms with E-state index in [9.17, 15) is 0 Å². The average Bonchev–Trinajstić information content (AvgIpc) is 2.46. The summed E-state index contributed by atoms with van der Waals surface area (Å²) < 4.78 is 0. The van der Waals surface area contributed by atoms with Crippen LogP contribution in [0.4, 0.5) is 0 Å². The quantitative estimate of drug-likeness (QED) is 0.791. The first-order valence-corrected chi connectivity index (χ1v) is 9.52. The second-order valence-corrected chi connectivity index (χ2v) is 8.31. The van der Waals surface area contributed by atoms with Crippen LogP contribution < -0.4 is 5.32 Å². The largest absolute Gasteiger partial charge is 0.313 e. The smallest absolute Gasteiger partial charge is 0.0100 e. The standard InChI is InChI=1S/C19H38N2/c1-15(2)18-9-8-16(3)12-19(18)20-13-17(4)14-21-10-6-5-7-11-21/h15-20H,5-14H2,1-4H3. The third-order valence-corrected chi connectivity index (χ3v) is 5.77. The lowest BCUT2D eigenvalue weighted by atomic mass is 9.74. The van der Waals surface area contributed by atoms with Crippen LogP contribution in [0.2, 0.25) is 0 Å². The molecule has 4 unspecified atom stereocenters. The molecule has 1 aliphatic carbocycles. The topological polar surface area (TPSA) is 15.3 Å². The lowest BCUT2D eigenvalue weighted by Gasteiger charge is -2.39. The summed E-state index contributed by atoms with van der Waals surface area (Å²) in [6, 6.07) is 0.762. The van der Waals surface area contributed by atoms with Crippen LogP contribution in [-0.2, 0) is 0 Å². The lowest BCUT2D eigenvalue weighted by molar-refractivity contribution is 0.155. The van der Waals surface area contributed by atoms with Gasteiger partial charge in [-0.15, -0.1) is 0 Å². The fourth-order valence-electron chi connectivity index (χ4n) is 4.44. The highest BCUT2D eigenvalue weighted by molar-refractivity contribution is 4.86. The van der Waals surface area contributed by atoms with E-state index in [1.54, 1.807) is 0 Å². The van der Waals surface area contributed by atoms with Crippen molar-refractivity contribution in [2.75, 3.05) is 26.2 Å². The number of rotatable bonds is 6. The Morgan fingerprint density at radius 2 is 1.76 bits per heavy atom. The average molecular weight is 295 g/mol. The summed E-state index contributed by atoms with van der Waals surface area (Å²) in [4.78, 5) is 2.68. The number of likely N-dealkylation sites (tertiary alicyclic amines) is 1. The minimum Gasteiger partial charge on any atom is -0.313 e. The van der Waals surface area contributed by atoms with Gasteiger partial charge in [-0.25, -0.2) is 0 Å². The number of hydrogen-bond donors (Lipinski definition) is 1. The van der Waals surface area contributed by atoms with E-state index in [1.165, 1.54) is 64.7 Å². The van der Waals surface area contributed by atoms with E-state index in [-0.39, 0.29) is 0 Å². The Bertz CT molecular complexity index is 283. The number of hydrogen-bond acceptors (Lipinski definition) is 2. The Morgan fingerprint density at radius 1 is 1.05 bits per heavy atom. The summed E-state index contributed by atoms with van der Waals surface area (Å²) in [5.74, 6) is 3.42. The molecule has 0 aromatic carbocycles. The first kappa shape index (κ1) is 17.3. The number of nitrogens with zero attached hydrogens (tertiary/aromatic N) is 1. The van der Waals surface area contributed by atoms with Gasteiger partial charge in [0.15, 0.2) is 0 Å². The number of piperidine rings is 1. The summed E-state index contributed by atoms with van der Waals surface area (Å²) >= 11 is 0. The molecular weight excluding hydrogens is 256 g/mol. The molecule has 2 fully saturated rings. The molecule has 2 aliphatic rings. The Kier molecular flexibility index (Phi) is 7.01. The maximum atomic E-state index is 3.95. The van der Waals surface area contributed by atoms with Gasteiger partial charge in [0, 0.05) is 12.6 Å². The van der Waals surface area contributed by atoms with E-state index in [0.717, 1.165) is 29.7 Å². The van der Waals surface area contributed by atoms with Crippen LogP contribution in [0.3, 0.4) is 0 Å². The molecule has 1 aliphatic heterocycles. The highest BCUT2D eigenvalue weighted by Crippen LogP contribution is 2.33. The van der Waals surface area contributed by atoms with Gasteiger partial charge >= 0.3 is 0 Å². The molecule has 1 saturated carbocycles. The van der Waals surface area contributed by atoms with E-state index < -0.39 is 0 Å². The summed E-state index contributed by atoms with van der Waals surface area (Å²) in [7, 11) is 0. The van der Waals surface area contributed by atoms with E-state index >= 15 is 0 Å². The first-order valence-electron chi connectivity index (χ1n) is 9.52. The molecule has 0 bridgehead atoms. The SMILES string of the molecule is CC1CCC(C(C)C)C(NCC(C)CN2CCCCC2)C1. The van der Waals surface area contributed by atoms with Gasteiger partial charge in [-0.2, -0.15) is 0 Å². The zero-order valence-corrected chi connectivity index (χ0v) is 14.9.